The van der Waals surface area contributed by atoms with Gasteiger partial charge in [-0.15, -0.1) is 0 Å². The number of benzene rings is 1. The fourth-order valence-corrected chi connectivity index (χ4v) is 2.71. The summed E-state index contributed by atoms with van der Waals surface area (Å²) in [5.41, 5.74) is 3.29. The van der Waals surface area contributed by atoms with Crippen molar-refractivity contribution in [1.29, 1.82) is 0 Å². The fraction of sp³-hybridized carbons (Fsp3) is 0.353. The Hall–Kier alpha value is -1.88. The third-order valence-corrected chi connectivity index (χ3v) is 4.11. The SMILES string of the molecule is Cc1nc(NCC2CC2)c(C=S)c(-c2ccc(F)cc2C)n1. The molecule has 0 amide bonds. The summed E-state index contributed by atoms with van der Waals surface area (Å²) in [6, 6.07) is 4.71. The number of thiocarbonyl (C=S) groups is 1. The molecule has 0 aliphatic heterocycles. The van der Waals surface area contributed by atoms with E-state index in [-0.39, 0.29) is 5.82 Å². The average Bonchev–Trinajstić information content (AvgIpc) is 3.28. The van der Waals surface area contributed by atoms with Crippen LogP contribution in [-0.2, 0) is 0 Å². The van der Waals surface area contributed by atoms with Crippen LogP contribution < -0.4 is 5.32 Å². The molecule has 1 N–H and O–H groups in total. The van der Waals surface area contributed by atoms with Gasteiger partial charge in [0.25, 0.3) is 0 Å². The molecule has 0 spiro atoms. The zero-order chi connectivity index (χ0) is 15.7. The monoisotopic (exact) mass is 315 g/mol. The Kier molecular flexibility index (Phi) is 4.16. The molecule has 0 unspecified atom stereocenters. The molecule has 1 fully saturated rings. The first-order valence-corrected chi connectivity index (χ1v) is 7.90. The molecule has 0 bridgehead atoms. The van der Waals surface area contributed by atoms with Crippen LogP contribution in [-0.4, -0.2) is 21.9 Å². The van der Waals surface area contributed by atoms with Crippen LogP contribution in [0.15, 0.2) is 18.2 Å². The Balaban J connectivity index is 2.06. The lowest BCUT2D eigenvalue weighted by Gasteiger charge is -2.14. The maximum atomic E-state index is 13.3. The highest BCUT2D eigenvalue weighted by Crippen LogP contribution is 2.31. The normalized spacial score (nSPS) is 14.0. The summed E-state index contributed by atoms with van der Waals surface area (Å²) in [7, 11) is 0. The lowest BCUT2D eigenvalue weighted by Crippen LogP contribution is -2.11. The van der Waals surface area contributed by atoms with E-state index in [0.717, 1.165) is 40.7 Å². The van der Waals surface area contributed by atoms with Gasteiger partial charge in [0.2, 0.25) is 0 Å². The molecule has 2 aromatic rings. The predicted molar refractivity (Wildman–Crippen MR) is 90.9 cm³/mol. The molecule has 1 aliphatic carbocycles. The zero-order valence-electron chi connectivity index (χ0n) is 12.7. The van der Waals surface area contributed by atoms with Crippen LogP contribution in [0.25, 0.3) is 11.3 Å². The molecule has 1 aromatic carbocycles. The minimum absolute atomic E-state index is 0.247. The Morgan fingerprint density at radius 2 is 2.09 bits per heavy atom. The number of hydrogen-bond acceptors (Lipinski definition) is 4. The minimum Gasteiger partial charge on any atom is -0.369 e. The number of anilines is 1. The van der Waals surface area contributed by atoms with Crippen molar-refractivity contribution >= 4 is 23.4 Å². The van der Waals surface area contributed by atoms with Gasteiger partial charge in [0.1, 0.15) is 17.5 Å². The maximum Gasteiger partial charge on any atom is 0.138 e. The predicted octanol–water partition coefficient (Wildman–Crippen LogP) is 4.07. The molecule has 3 nitrogen and oxygen atoms in total. The van der Waals surface area contributed by atoms with Crippen LogP contribution in [0.3, 0.4) is 0 Å². The molecule has 3 rings (SSSR count). The summed E-state index contributed by atoms with van der Waals surface area (Å²) in [5.74, 6) is 1.94. The second-order valence-corrected chi connectivity index (χ2v) is 6.02. The number of aryl methyl sites for hydroxylation is 2. The van der Waals surface area contributed by atoms with Gasteiger partial charge >= 0.3 is 0 Å². The molecule has 0 saturated heterocycles. The van der Waals surface area contributed by atoms with Gasteiger partial charge in [-0.3, -0.25) is 0 Å². The second kappa shape index (κ2) is 6.08. The number of aromatic nitrogens is 2. The molecule has 22 heavy (non-hydrogen) atoms. The van der Waals surface area contributed by atoms with Gasteiger partial charge in [-0.25, -0.2) is 14.4 Å². The minimum atomic E-state index is -0.247. The third-order valence-electron chi connectivity index (χ3n) is 3.87. The molecule has 114 valence electrons. The lowest BCUT2D eigenvalue weighted by molar-refractivity contribution is 0.627. The second-order valence-electron chi connectivity index (χ2n) is 5.78. The third kappa shape index (κ3) is 3.14. The van der Waals surface area contributed by atoms with Crippen molar-refractivity contribution in [2.45, 2.75) is 26.7 Å². The molecular formula is C17H18FN3S. The Morgan fingerprint density at radius 1 is 1.32 bits per heavy atom. The van der Waals surface area contributed by atoms with E-state index < -0.39 is 0 Å². The smallest absolute Gasteiger partial charge is 0.138 e. The van der Waals surface area contributed by atoms with Gasteiger partial charge in [-0.2, -0.15) is 0 Å². The van der Waals surface area contributed by atoms with Gasteiger partial charge < -0.3 is 5.32 Å². The van der Waals surface area contributed by atoms with Crippen molar-refractivity contribution in [2.24, 2.45) is 5.92 Å². The Bertz CT molecular complexity index is 726. The van der Waals surface area contributed by atoms with Crippen molar-refractivity contribution < 1.29 is 4.39 Å². The van der Waals surface area contributed by atoms with Gasteiger partial charge in [-0.05, 0) is 56.4 Å². The summed E-state index contributed by atoms with van der Waals surface area (Å²) in [6.45, 7) is 4.65. The zero-order valence-corrected chi connectivity index (χ0v) is 13.5. The Labute approximate surface area is 135 Å². The van der Waals surface area contributed by atoms with Gasteiger partial charge in [0.05, 0.1) is 11.3 Å². The molecule has 0 atom stereocenters. The molecule has 1 aliphatic rings. The first-order valence-electron chi connectivity index (χ1n) is 7.42. The molecule has 1 saturated carbocycles. The van der Waals surface area contributed by atoms with Crippen LogP contribution in [0.1, 0.15) is 29.8 Å². The fourth-order valence-electron chi connectivity index (χ4n) is 2.49. The number of nitrogens with one attached hydrogen (secondary N) is 1. The summed E-state index contributed by atoms with van der Waals surface area (Å²) in [4.78, 5) is 9.02. The van der Waals surface area contributed by atoms with Crippen LogP contribution in [0.2, 0.25) is 0 Å². The van der Waals surface area contributed by atoms with Crippen LogP contribution >= 0.6 is 12.2 Å². The van der Waals surface area contributed by atoms with E-state index in [1.807, 2.05) is 13.8 Å². The van der Waals surface area contributed by atoms with E-state index in [4.69, 9.17) is 12.2 Å². The maximum absolute atomic E-state index is 13.3. The van der Waals surface area contributed by atoms with Gasteiger partial charge in [-0.1, -0.05) is 12.2 Å². The van der Waals surface area contributed by atoms with Gasteiger partial charge in [0.15, 0.2) is 0 Å². The van der Waals surface area contributed by atoms with E-state index in [1.165, 1.54) is 25.0 Å². The van der Waals surface area contributed by atoms with Gasteiger partial charge in [0, 0.05) is 17.5 Å². The number of halogens is 1. The van der Waals surface area contributed by atoms with Crippen molar-refractivity contribution in [3.8, 4) is 11.3 Å². The molecule has 1 heterocycles. The summed E-state index contributed by atoms with van der Waals surface area (Å²) in [5, 5.41) is 4.99. The van der Waals surface area contributed by atoms with Crippen molar-refractivity contribution in [2.75, 3.05) is 11.9 Å². The summed E-state index contributed by atoms with van der Waals surface area (Å²) >= 11 is 5.18. The van der Waals surface area contributed by atoms with Crippen molar-refractivity contribution in [1.82, 2.24) is 9.97 Å². The van der Waals surface area contributed by atoms with Crippen molar-refractivity contribution in [3.05, 3.63) is 41.0 Å². The van der Waals surface area contributed by atoms with E-state index in [0.29, 0.717) is 5.82 Å². The van der Waals surface area contributed by atoms with Crippen LogP contribution in [0, 0.1) is 25.6 Å². The van der Waals surface area contributed by atoms with E-state index >= 15 is 0 Å². The highest BCUT2D eigenvalue weighted by Gasteiger charge is 2.22. The van der Waals surface area contributed by atoms with E-state index in [9.17, 15) is 4.39 Å². The topological polar surface area (TPSA) is 37.8 Å². The lowest BCUT2D eigenvalue weighted by atomic mass is 10.0. The molecule has 1 aromatic heterocycles. The average molecular weight is 315 g/mol. The first-order chi connectivity index (χ1) is 10.6. The number of hydrogen-bond donors (Lipinski definition) is 1. The standard InChI is InChI=1S/C17H18FN3S/c1-10-7-13(18)5-6-14(10)16-15(9-22)17(21-11(2)20-16)19-8-12-3-4-12/h5-7,9,12H,3-4,8H2,1-2H3,(H,19,20,21). The van der Waals surface area contributed by atoms with E-state index in [1.54, 1.807) is 11.4 Å². The van der Waals surface area contributed by atoms with Crippen molar-refractivity contribution in [3.63, 3.8) is 0 Å². The quantitative estimate of drug-likeness (QED) is 0.844. The highest BCUT2D eigenvalue weighted by atomic mass is 32.1. The Morgan fingerprint density at radius 3 is 2.73 bits per heavy atom. The largest absolute Gasteiger partial charge is 0.369 e. The molecule has 5 heteroatoms. The highest BCUT2D eigenvalue weighted by molar-refractivity contribution is 7.79. The first kappa shape index (κ1) is 15.0. The number of rotatable bonds is 5. The van der Waals surface area contributed by atoms with Crippen LogP contribution in [0.5, 0.6) is 0 Å². The van der Waals surface area contributed by atoms with Crippen LogP contribution in [0.4, 0.5) is 10.2 Å². The summed E-state index contributed by atoms with van der Waals surface area (Å²) < 4.78 is 13.3. The van der Waals surface area contributed by atoms with E-state index in [2.05, 4.69) is 15.3 Å². The molecule has 0 radical (unpaired) electrons. The number of nitrogens with zero attached hydrogens (tertiary/aromatic N) is 2. The summed E-state index contributed by atoms with van der Waals surface area (Å²) in [6.07, 6.45) is 2.54. The molecular weight excluding hydrogens is 297 g/mol.